The molecule has 1 saturated heterocycles. The lowest BCUT2D eigenvalue weighted by Crippen LogP contribution is -2.29. The Balaban J connectivity index is 1.75. The van der Waals surface area contributed by atoms with Crippen LogP contribution in [0.1, 0.15) is 17.5 Å². The van der Waals surface area contributed by atoms with E-state index in [1.807, 2.05) is 30.3 Å². The third kappa shape index (κ3) is 4.35. The maximum absolute atomic E-state index is 12.5. The Labute approximate surface area is 169 Å². The highest BCUT2D eigenvalue weighted by Gasteiger charge is 2.35. The molecule has 0 bridgehead atoms. The Morgan fingerprint density at radius 2 is 1.93 bits per heavy atom. The number of nitro groups is 1. The number of carbonyl (C=O) groups excluding carboxylic acids is 2. The van der Waals surface area contributed by atoms with Crippen LogP contribution in [0, 0.1) is 10.1 Å². The molecular weight excluding hydrogens is 404 g/mol. The maximum Gasteiger partial charge on any atom is 0.312 e. The summed E-state index contributed by atoms with van der Waals surface area (Å²) in [6.45, 7) is 0.262. The number of phenolic OH excluding ortho intramolecular Hbond substituents is 1. The van der Waals surface area contributed by atoms with Crippen LogP contribution in [0.3, 0.4) is 0 Å². The van der Waals surface area contributed by atoms with Crippen LogP contribution in [0.2, 0.25) is 5.02 Å². The van der Waals surface area contributed by atoms with Gasteiger partial charge in [0.25, 0.3) is 11.1 Å². The number of benzene rings is 2. The Morgan fingerprint density at radius 1 is 1.21 bits per heavy atom. The molecular formula is C19H15ClN2O5S. The van der Waals surface area contributed by atoms with Gasteiger partial charge in [-0.25, -0.2) is 0 Å². The Hall–Kier alpha value is -2.84. The molecule has 1 fully saturated rings. The molecule has 0 aromatic heterocycles. The molecule has 1 aliphatic rings. The van der Waals surface area contributed by atoms with Crippen molar-refractivity contribution < 1.29 is 19.6 Å². The molecule has 0 spiro atoms. The molecule has 1 N–H and O–H groups in total. The fraction of sp³-hybridized carbons (Fsp3) is 0.158. The number of aryl methyl sites for hydroxylation is 1. The van der Waals surface area contributed by atoms with Crippen molar-refractivity contribution in [1.82, 2.24) is 4.90 Å². The van der Waals surface area contributed by atoms with E-state index in [9.17, 15) is 24.8 Å². The molecule has 3 rings (SSSR count). The van der Waals surface area contributed by atoms with Gasteiger partial charge in [0, 0.05) is 23.2 Å². The topological polar surface area (TPSA) is 101 Å². The number of halogens is 1. The maximum atomic E-state index is 12.5. The first kappa shape index (κ1) is 19.9. The normalized spacial score (nSPS) is 15.5. The van der Waals surface area contributed by atoms with Crippen molar-refractivity contribution in [3.05, 3.63) is 73.6 Å². The first-order valence-electron chi connectivity index (χ1n) is 8.33. The minimum absolute atomic E-state index is 0.00832. The van der Waals surface area contributed by atoms with Crippen LogP contribution in [0.4, 0.5) is 10.5 Å². The van der Waals surface area contributed by atoms with Crippen molar-refractivity contribution in [2.24, 2.45) is 0 Å². The Bertz CT molecular complexity index is 978. The summed E-state index contributed by atoms with van der Waals surface area (Å²) < 4.78 is 0. The summed E-state index contributed by atoms with van der Waals surface area (Å²) in [5.41, 5.74) is 0.552. The summed E-state index contributed by atoms with van der Waals surface area (Å²) >= 11 is 6.58. The van der Waals surface area contributed by atoms with E-state index in [4.69, 9.17) is 11.6 Å². The van der Waals surface area contributed by atoms with Gasteiger partial charge in [-0.1, -0.05) is 41.9 Å². The second kappa shape index (κ2) is 8.45. The number of thioether (sulfide) groups is 1. The fourth-order valence-electron chi connectivity index (χ4n) is 2.77. The number of phenols is 1. The first-order chi connectivity index (χ1) is 13.4. The summed E-state index contributed by atoms with van der Waals surface area (Å²) in [4.78, 5) is 36.2. The molecule has 0 saturated carbocycles. The molecule has 0 atom stereocenters. The molecule has 1 heterocycles. The summed E-state index contributed by atoms with van der Waals surface area (Å²) in [5.74, 6) is -1.10. The number of hydrogen-bond donors (Lipinski definition) is 1. The highest BCUT2D eigenvalue weighted by molar-refractivity contribution is 8.18. The lowest BCUT2D eigenvalue weighted by atomic mass is 10.1. The van der Waals surface area contributed by atoms with Gasteiger partial charge in [-0.05, 0) is 42.3 Å². The highest BCUT2D eigenvalue weighted by atomic mass is 35.5. The van der Waals surface area contributed by atoms with Crippen LogP contribution in [0.15, 0.2) is 47.4 Å². The molecule has 2 aromatic carbocycles. The van der Waals surface area contributed by atoms with Gasteiger partial charge in [-0.2, -0.15) is 0 Å². The number of nitro benzene ring substituents is 1. The molecule has 9 heteroatoms. The summed E-state index contributed by atoms with van der Waals surface area (Å²) in [6.07, 6.45) is 2.59. The highest BCUT2D eigenvalue weighted by Crippen LogP contribution is 2.38. The number of carbonyl (C=O) groups is 2. The zero-order valence-electron chi connectivity index (χ0n) is 14.5. The van der Waals surface area contributed by atoms with Crippen molar-refractivity contribution in [3.8, 4) is 5.75 Å². The molecule has 1 aliphatic heterocycles. The average Bonchev–Trinajstić information content (AvgIpc) is 2.92. The van der Waals surface area contributed by atoms with E-state index >= 15 is 0 Å². The molecule has 144 valence electrons. The van der Waals surface area contributed by atoms with E-state index in [1.165, 1.54) is 12.1 Å². The molecule has 2 aromatic rings. The summed E-state index contributed by atoms with van der Waals surface area (Å²) in [7, 11) is 0. The van der Waals surface area contributed by atoms with Crippen LogP contribution >= 0.6 is 23.4 Å². The monoisotopic (exact) mass is 418 g/mol. The molecule has 7 nitrogen and oxygen atoms in total. The number of nitrogens with zero attached hydrogens (tertiary/aromatic N) is 2. The molecule has 0 radical (unpaired) electrons. The van der Waals surface area contributed by atoms with Crippen molar-refractivity contribution in [2.75, 3.05) is 6.54 Å². The second-order valence-corrected chi connectivity index (χ2v) is 7.47. The van der Waals surface area contributed by atoms with Crippen LogP contribution < -0.4 is 0 Å². The van der Waals surface area contributed by atoms with Crippen LogP contribution in [-0.4, -0.2) is 32.6 Å². The third-order valence-electron chi connectivity index (χ3n) is 4.13. The van der Waals surface area contributed by atoms with Gasteiger partial charge in [0.05, 0.1) is 9.83 Å². The molecule has 28 heavy (non-hydrogen) atoms. The lowest BCUT2D eigenvalue weighted by molar-refractivity contribution is -0.385. The van der Waals surface area contributed by atoms with Gasteiger partial charge in [-0.15, -0.1) is 0 Å². The van der Waals surface area contributed by atoms with Crippen LogP contribution in [0.25, 0.3) is 6.08 Å². The van der Waals surface area contributed by atoms with Gasteiger partial charge in [0.15, 0.2) is 0 Å². The number of imide groups is 1. The third-order valence-corrected chi connectivity index (χ3v) is 5.26. The zero-order valence-corrected chi connectivity index (χ0v) is 16.1. The van der Waals surface area contributed by atoms with Gasteiger partial charge in [-0.3, -0.25) is 24.6 Å². The van der Waals surface area contributed by atoms with Gasteiger partial charge < -0.3 is 5.11 Å². The number of amides is 2. The minimum atomic E-state index is -0.770. The van der Waals surface area contributed by atoms with Crippen molar-refractivity contribution in [3.63, 3.8) is 0 Å². The van der Waals surface area contributed by atoms with Gasteiger partial charge >= 0.3 is 5.69 Å². The van der Waals surface area contributed by atoms with Crippen molar-refractivity contribution >= 4 is 46.3 Å². The first-order valence-corrected chi connectivity index (χ1v) is 9.52. The SMILES string of the molecule is O=C1S/C(=C/c2cc(Cl)cc([N+](=O)[O-])c2O)C(=O)N1CCCc1ccccc1. The standard InChI is InChI=1S/C19H15ClN2O5S/c20-14-9-13(17(23)15(11-14)22(26)27)10-16-18(24)21(19(25)28-16)8-4-7-12-5-2-1-3-6-12/h1-3,5-6,9-11,23H,4,7-8H2/b16-10+. The lowest BCUT2D eigenvalue weighted by Gasteiger charge is -2.12. The van der Waals surface area contributed by atoms with E-state index in [2.05, 4.69) is 0 Å². The predicted molar refractivity (Wildman–Crippen MR) is 107 cm³/mol. The molecule has 2 amide bonds. The fourth-order valence-corrected chi connectivity index (χ4v) is 3.85. The molecule has 0 aliphatic carbocycles. The van der Waals surface area contributed by atoms with Crippen LogP contribution in [0.5, 0.6) is 5.75 Å². The predicted octanol–water partition coefficient (Wildman–Crippen LogP) is 4.62. The van der Waals surface area contributed by atoms with E-state index in [1.54, 1.807) is 0 Å². The Morgan fingerprint density at radius 3 is 2.61 bits per heavy atom. The van der Waals surface area contributed by atoms with Gasteiger partial charge in [0.2, 0.25) is 5.75 Å². The van der Waals surface area contributed by atoms with E-state index in [-0.39, 0.29) is 22.0 Å². The summed E-state index contributed by atoms with van der Waals surface area (Å²) in [5, 5.41) is 20.7. The second-order valence-electron chi connectivity index (χ2n) is 6.04. The van der Waals surface area contributed by atoms with E-state index in [0.717, 1.165) is 34.7 Å². The summed E-state index contributed by atoms with van der Waals surface area (Å²) in [6, 6.07) is 12.0. The van der Waals surface area contributed by atoms with E-state index < -0.39 is 27.5 Å². The van der Waals surface area contributed by atoms with Crippen molar-refractivity contribution in [2.45, 2.75) is 12.8 Å². The van der Waals surface area contributed by atoms with E-state index in [0.29, 0.717) is 6.42 Å². The van der Waals surface area contributed by atoms with Gasteiger partial charge in [0.1, 0.15) is 0 Å². The average molecular weight is 419 g/mol. The Kier molecular flexibility index (Phi) is 6.01. The quantitative estimate of drug-likeness (QED) is 0.417. The molecule has 0 unspecified atom stereocenters. The minimum Gasteiger partial charge on any atom is -0.502 e. The van der Waals surface area contributed by atoms with Crippen LogP contribution in [-0.2, 0) is 11.2 Å². The smallest absolute Gasteiger partial charge is 0.312 e. The number of aromatic hydroxyl groups is 1. The zero-order chi connectivity index (χ0) is 20.3. The largest absolute Gasteiger partial charge is 0.502 e. The number of rotatable bonds is 6. The van der Waals surface area contributed by atoms with Crippen molar-refractivity contribution in [1.29, 1.82) is 0 Å². The number of hydrogen-bond acceptors (Lipinski definition) is 6.